The largest absolute Gasteiger partial charge is 0.355 e. The fraction of sp³-hybridized carbons (Fsp3) is 0.947. The number of piperidine rings is 1. The van der Waals surface area contributed by atoms with E-state index in [1.165, 1.54) is 51.9 Å². The van der Waals surface area contributed by atoms with Gasteiger partial charge in [-0.05, 0) is 57.5 Å². The molecule has 3 fully saturated rings. The molecule has 1 saturated carbocycles. The molecule has 0 aromatic heterocycles. The molecule has 0 spiro atoms. The lowest BCUT2D eigenvalue weighted by atomic mass is 9.98. The van der Waals surface area contributed by atoms with Crippen molar-refractivity contribution in [1.82, 2.24) is 20.4 Å². The minimum absolute atomic E-state index is 0.531. The van der Waals surface area contributed by atoms with E-state index in [0.29, 0.717) is 18.0 Å². The number of nitrogens with one attached hydrogen (secondary N) is 2. The molecule has 5 heteroatoms. The Morgan fingerprint density at radius 3 is 2.46 bits per heavy atom. The molecule has 1 aliphatic carbocycles. The topological polar surface area (TPSA) is 42.9 Å². The Balaban J connectivity index is 1.41. The number of nitrogens with zero attached hydrogens (tertiary/aromatic N) is 3. The average molecular weight is 336 g/mol. The Kier molecular flexibility index (Phi) is 6.03. The molecule has 0 bridgehead atoms. The van der Waals surface area contributed by atoms with Gasteiger partial charge in [0.1, 0.15) is 0 Å². The van der Waals surface area contributed by atoms with Crippen molar-refractivity contribution in [3.05, 3.63) is 0 Å². The van der Waals surface area contributed by atoms with Crippen molar-refractivity contribution < 1.29 is 0 Å². The van der Waals surface area contributed by atoms with Crippen LogP contribution in [-0.2, 0) is 0 Å². The summed E-state index contributed by atoms with van der Waals surface area (Å²) in [5, 5.41) is 7.24. The van der Waals surface area contributed by atoms with Gasteiger partial charge >= 0.3 is 0 Å². The van der Waals surface area contributed by atoms with Crippen LogP contribution in [-0.4, -0.2) is 73.7 Å². The predicted octanol–water partition coefficient (Wildman–Crippen LogP) is 1.75. The fourth-order valence-corrected chi connectivity index (χ4v) is 4.14. The summed E-state index contributed by atoms with van der Waals surface area (Å²) in [4.78, 5) is 9.74. The van der Waals surface area contributed by atoms with Gasteiger partial charge in [-0.25, -0.2) is 0 Å². The smallest absolute Gasteiger partial charge is 0.191 e. The van der Waals surface area contributed by atoms with E-state index in [9.17, 15) is 0 Å². The number of hydrogen-bond donors (Lipinski definition) is 2. The van der Waals surface area contributed by atoms with Gasteiger partial charge in [0.25, 0.3) is 0 Å². The van der Waals surface area contributed by atoms with Crippen LogP contribution in [0.3, 0.4) is 0 Å². The van der Waals surface area contributed by atoms with Crippen LogP contribution in [0.25, 0.3) is 0 Å². The number of guanidine groups is 1. The van der Waals surface area contributed by atoms with Gasteiger partial charge < -0.3 is 10.6 Å². The summed E-state index contributed by atoms with van der Waals surface area (Å²) in [6, 6.07) is 1.97. The molecular formula is C19H37N5. The Bertz CT molecular complexity index is 425. The van der Waals surface area contributed by atoms with Crippen LogP contribution in [0.4, 0.5) is 0 Å². The summed E-state index contributed by atoms with van der Waals surface area (Å²) in [5.41, 5.74) is 0. The quantitative estimate of drug-likeness (QED) is 0.593. The lowest BCUT2D eigenvalue weighted by molar-refractivity contribution is 0.147. The number of rotatable bonds is 5. The van der Waals surface area contributed by atoms with Crippen molar-refractivity contribution in [2.45, 2.75) is 64.6 Å². The first-order chi connectivity index (χ1) is 11.6. The highest BCUT2D eigenvalue weighted by Crippen LogP contribution is 2.31. The number of likely N-dealkylation sites (tertiary alicyclic amines) is 2. The van der Waals surface area contributed by atoms with Crippen molar-refractivity contribution in [3.63, 3.8) is 0 Å². The third-order valence-corrected chi connectivity index (χ3v) is 6.26. The Morgan fingerprint density at radius 1 is 1.12 bits per heavy atom. The molecular weight excluding hydrogens is 298 g/mol. The summed E-state index contributed by atoms with van der Waals surface area (Å²) in [7, 11) is 1.89. The van der Waals surface area contributed by atoms with Gasteiger partial charge in [0.05, 0.1) is 0 Å². The standard InChI is InChI=1S/C19H37N5/c1-14-7-9-23(10-8-14)16(3)11-21-19(20-4)22-18-13-24(12-15(18)2)17-5-6-17/h14-18H,5-13H2,1-4H3,(H2,20,21,22). The maximum atomic E-state index is 4.46. The first-order valence-electron chi connectivity index (χ1n) is 10.0. The summed E-state index contributed by atoms with van der Waals surface area (Å²) in [5.74, 6) is 2.57. The van der Waals surface area contributed by atoms with Gasteiger partial charge in [0.2, 0.25) is 0 Å². The second kappa shape index (κ2) is 8.05. The van der Waals surface area contributed by atoms with E-state index in [0.717, 1.165) is 24.5 Å². The van der Waals surface area contributed by atoms with Gasteiger partial charge in [-0.1, -0.05) is 13.8 Å². The molecule has 2 N–H and O–H groups in total. The molecule has 24 heavy (non-hydrogen) atoms. The van der Waals surface area contributed by atoms with E-state index < -0.39 is 0 Å². The van der Waals surface area contributed by atoms with Crippen molar-refractivity contribution in [2.75, 3.05) is 39.8 Å². The average Bonchev–Trinajstić information content (AvgIpc) is 3.36. The van der Waals surface area contributed by atoms with Crippen LogP contribution in [0.15, 0.2) is 4.99 Å². The van der Waals surface area contributed by atoms with Crippen molar-refractivity contribution in [1.29, 1.82) is 0 Å². The molecule has 5 nitrogen and oxygen atoms in total. The SMILES string of the molecule is CN=C(NCC(C)N1CCC(C)CC1)NC1CN(C2CC2)CC1C. The van der Waals surface area contributed by atoms with Crippen molar-refractivity contribution in [3.8, 4) is 0 Å². The van der Waals surface area contributed by atoms with Crippen LogP contribution in [0.1, 0.15) is 46.5 Å². The molecule has 138 valence electrons. The van der Waals surface area contributed by atoms with E-state index in [4.69, 9.17) is 0 Å². The maximum absolute atomic E-state index is 4.46. The molecule has 2 saturated heterocycles. The minimum Gasteiger partial charge on any atom is -0.355 e. The lowest BCUT2D eigenvalue weighted by Crippen LogP contribution is -2.51. The normalized spacial score (nSPS) is 32.1. The Hall–Kier alpha value is -0.810. The molecule has 0 radical (unpaired) electrons. The Morgan fingerprint density at radius 2 is 1.83 bits per heavy atom. The van der Waals surface area contributed by atoms with Crippen molar-refractivity contribution in [2.24, 2.45) is 16.8 Å². The zero-order valence-electron chi connectivity index (χ0n) is 16.1. The second-order valence-corrected chi connectivity index (χ2v) is 8.43. The predicted molar refractivity (Wildman–Crippen MR) is 101 cm³/mol. The molecule has 2 heterocycles. The summed E-state index contributed by atoms with van der Waals surface area (Å²) in [6.07, 6.45) is 5.48. The van der Waals surface area contributed by atoms with Crippen LogP contribution in [0, 0.1) is 11.8 Å². The lowest BCUT2D eigenvalue weighted by Gasteiger charge is -2.35. The third kappa shape index (κ3) is 4.63. The monoisotopic (exact) mass is 335 g/mol. The van der Waals surface area contributed by atoms with Gasteiger partial charge in [0, 0.05) is 44.8 Å². The molecule has 3 rings (SSSR count). The first-order valence-corrected chi connectivity index (χ1v) is 10.0. The summed E-state index contributed by atoms with van der Waals surface area (Å²) >= 11 is 0. The molecule has 0 amide bonds. The van der Waals surface area contributed by atoms with Crippen LogP contribution in [0.5, 0.6) is 0 Å². The first kappa shape index (κ1) is 18.0. The van der Waals surface area contributed by atoms with Crippen LogP contribution < -0.4 is 10.6 Å². The molecule has 3 aliphatic rings. The molecule has 0 aromatic carbocycles. The summed E-state index contributed by atoms with van der Waals surface area (Å²) < 4.78 is 0. The number of aliphatic imine (C=N–C) groups is 1. The fourth-order valence-electron chi connectivity index (χ4n) is 4.14. The van der Waals surface area contributed by atoms with E-state index in [2.05, 4.69) is 46.2 Å². The third-order valence-electron chi connectivity index (χ3n) is 6.26. The van der Waals surface area contributed by atoms with E-state index in [1.807, 2.05) is 7.05 Å². The van der Waals surface area contributed by atoms with Crippen LogP contribution in [0.2, 0.25) is 0 Å². The minimum atomic E-state index is 0.531. The van der Waals surface area contributed by atoms with Gasteiger partial charge in [-0.2, -0.15) is 0 Å². The highest BCUT2D eigenvalue weighted by atomic mass is 15.3. The molecule has 0 aromatic rings. The number of hydrogen-bond acceptors (Lipinski definition) is 3. The van der Waals surface area contributed by atoms with Gasteiger partial charge in [-0.3, -0.25) is 14.8 Å². The molecule has 2 aliphatic heterocycles. The van der Waals surface area contributed by atoms with E-state index >= 15 is 0 Å². The Labute approximate surface area is 148 Å². The zero-order chi connectivity index (χ0) is 17.1. The second-order valence-electron chi connectivity index (χ2n) is 8.43. The highest BCUT2D eigenvalue weighted by Gasteiger charge is 2.38. The van der Waals surface area contributed by atoms with E-state index in [-0.39, 0.29) is 0 Å². The zero-order valence-corrected chi connectivity index (χ0v) is 16.1. The maximum Gasteiger partial charge on any atom is 0.191 e. The van der Waals surface area contributed by atoms with Crippen LogP contribution >= 0.6 is 0 Å². The van der Waals surface area contributed by atoms with E-state index in [1.54, 1.807) is 0 Å². The molecule has 3 atom stereocenters. The molecule has 3 unspecified atom stereocenters. The summed E-state index contributed by atoms with van der Waals surface area (Å²) in [6.45, 7) is 12.9. The van der Waals surface area contributed by atoms with Crippen molar-refractivity contribution >= 4 is 5.96 Å². The highest BCUT2D eigenvalue weighted by molar-refractivity contribution is 5.80. The van der Waals surface area contributed by atoms with Gasteiger partial charge in [-0.15, -0.1) is 0 Å². The van der Waals surface area contributed by atoms with Gasteiger partial charge in [0.15, 0.2) is 5.96 Å².